The molecule has 8 nitrogen and oxygen atoms in total. The smallest absolute Gasteiger partial charge is 0.309 e. The van der Waals surface area contributed by atoms with Gasteiger partial charge in [-0.15, -0.1) is 0 Å². The van der Waals surface area contributed by atoms with Gasteiger partial charge in [0.15, 0.2) is 0 Å². The molecule has 0 aromatic heterocycles. The summed E-state index contributed by atoms with van der Waals surface area (Å²) in [4.78, 5) is 42.1. The monoisotopic (exact) mass is 554 g/mol. The van der Waals surface area contributed by atoms with Crippen molar-refractivity contribution in [2.24, 2.45) is 56.9 Å². The second-order valence-electron chi connectivity index (χ2n) is 13.5. The van der Waals surface area contributed by atoms with Crippen LogP contribution in [0.15, 0.2) is 40.8 Å². The summed E-state index contributed by atoms with van der Waals surface area (Å²) in [6.07, 6.45) is 7.01. The largest absolute Gasteiger partial charge is 0.481 e. The van der Waals surface area contributed by atoms with E-state index in [0.717, 1.165) is 25.7 Å². The number of primary sulfonamides is 1. The van der Waals surface area contributed by atoms with Gasteiger partial charge in [0.1, 0.15) is 0 Å². The van der Waals surface area contributed by atoms with E-state index in [9.17, 15) is 27.9 Å². The first-order valence-electron chi connectivity index (χ1n) is 14.1. The van der Waals surface area contributed by atoms with Crippen LogP contribution in [0.2, 0.25) is 0 Å². The SMILES string of the molecule is CC(C)C1=C[C@@]23CC[C@@H]4[C@](C)(CCC[C@@]4(C)C(=O)O)[C@@H]2C[C@H]1[C@H]1C(=O)N(c2ccc(S(N)(=O)=O)cc2)C(=O)[C@H]13. The molecule has 1 aliphatic heterocycles. The van der Waals surface area contributed by atoms with Gasteiger partial charge >= 0.3 is 5.97 Å². The highest BCUT2D eigenvalue weighted by molar-refractivity contribution is 7.89. The fourth-order valence-electron chi connectivity index (χ4n) is 10.00. The fourth-order valence-corrected chi connectivity index (χ4v) is 10.5. The maximum Gasteiger partial charge on any atom is 0.309 e. The van der Waals surface area contributed by atoms with Crippen LogP contribution in [0, 0.1) is 51.8 Å². The standard InChI is InChI=1S/C30H38N2O6S/c1-16(2)20-15-30-13-10-21-28(3,11-5-12-29(21,4)27(35)36)22(30)14-19(20)23-24(30)26(34)32(25(23)33)17-6-8-18(9-7-17)39(31,37)38/h6-9,15-16,19,21-24H,5,10-14H2,1-4H3,(H,35,36)(H2,31,37,38)/t19-,21-,22+,23-,24+,28+,29-,30+/m1/s1. The van der Waals surface area contributed by atoms with Crippen molar-refractivity contribution in [3.8, 4) is 0 Å². The van der Waals surface area contributed by atoms with Gasteiger partial charge in [-0.25, -0.2) is 13.6 Å². The minimum atomic E-state index is -3.90. The van der Waals surface area contributed by atoms with Crippen LogP contribution in [0.4, 0.5) is 5.69 Å². The Kier molecular flexibility index (Phi) is 5.65. The molecule has 9 heteroatoms. The van der Waals surface area contributed by atoms with E-state index in [1.54, 1.807) is 0 Å². The first kappa shape index (κ1) is 26.7. The third-order valence-corrected chi connectivity index (χ3v) is 12.5. The van der Waals surface area contributed by atoms with Crippen molar-refractivity contribution in [2.75, 3.05) is 4.90 Å². The van der Waals surface area contributed by atoms with Crippen LogP contribution in [-0.2, 0) is 24.4 Å². The van der Waals surface area contributed by atoms with E-state index in [4.69, 9.17) is 5.14 Å². The van der Waals surface area contributed by atoms with Crippen LogP contribution < -0.4 is 10.0 Å². The lowest BCUT2D eigenvalue weighted by Gasteiger charge is -2.68. The molecule has 4 fully saturated rings. The van der Waals surface area contributed by atoms with Gasteiger partial charge in [0.2, 0.25) is 21.8 Å². The Bertz CT molecular complexity index is 1420. The van der Waals surface area contributed by atoms with E-state index in [0.29, 0.717) is 18.5 Å². The predicted molar refractivity (Wildman–Crippen MR) is 145 cm³/mol. The number of amides is 2. The summed E-state index contributed by atoms with van der Waals surface area (Å²) in [6.45, 7) is 8.46. The van der Waals surface area contributed by atoms with E-state index >= 15 is 0 Å². The van der Waals surface area contributed by atoms with Gasteiger partial charge in [-0.2, -0.15) is 0 Å². The summed E-state index contributed by atoms with van der Waals surface area (Å²) in [7, 11) is -3.90. The molecule has 39 heavy (non-hydrogen) atoms. The summed E-state index contributed by atoms with van der Waals surface area (Å²) in [6, 6.07) is 5.64. The molecule has 1 aromatic carbocycles. The second kappa shape index (κ2) is 8.26. The molecule has 0 radical (unpaired) electrons. The van der Waals surface area contributed by atoms with Crippen LogP contribution in [-0.4, -0.2) is 31.3 Å². The highest BCUT2D eigenvalue weighted by atomic mass is 32.2. The van der Waals surface area contributed by atoms with Crippen LogP contribution in [0.5, 0.6) is 0 Å². The molecule has 8 atom stereocenters. The number of anilines is 1. The van der Waals surface area contributed by atoms with Crippen LogP contribution in [0.3, 0.4) is 0 Å². The molecule has 2 amide bonds. The van der Waals surface area contributed by atoms with E-state index in [1.165, 1.54) is 34.7 Å². The predicted octanol–water partition coefficient (Wildman–Crippen LogP) is 4.35. The average Bonchev–Trinajstić information content (AvgIpc) is 3.14. The Balaban J connectivity index is 1.46. The minimum absolute atomic E-state index is 0.0228. The number of nitrogens with zero attached hydrogens (tertiary/aromatic N) is 1. The van der Waals surface area contributed by atoms with Crippen molar-refractivity contribution in [1.82, 2.24) is 0 Å². The molecular formula is C30H38N2O6S. The molecule has 1 aromatic rings. The highest BCUT2D eigenvalue weighted by Gasteiger charge is 2.73. The first-order chi connectivity index (χ1) is 18.2. The third-order valence-electron chi connectivity index (χ3n) is 11.6. The van der Waals surface area contributed by atoms with Gasteiger partial charge in [-0.3, -0.25) is 19.3 Å². The molecule has 2 bridgehead atoms. The lowest BCUT2D eigenvalue weighted by atomic mass is 9.34. The molecule has 5 aliphatic carbocycles. The number of carbonyl (C=O) groups is 3. The molecule has 3 saturated carbocycles. The number of rotatable bonds is 4. The number of aliphatic carboxylic acids is 1. The van der Waals surface area contributed by atoms with Gasteiger partial charge in [0, 0.05) is 5.41 Å². The number of hydrogen-bond donors (Lipinski definition) is 2. The maximum atomic E-state index is 14.3. The second-order valence-corrected chi connectivity index (χ2v) is 15.1. The van der Waals surface area contributed by atoms with Crippen molar-refractivity contribution in [3.63, 3.8) is 0 Å². The molecule has 7 rings (SSSR count). The van der Waals surface area contributed by atoms with Gasteiger partial charge in [-0.1, -0.05) is 38.8 Å². The molecule has 1 spiro atoms. The Morgan fingerprint density at radius 1 is 1.05 bits per heavy atom. The van der Waals surface area contributed by atoms with Crippen molar-refractivity contribution >= 4 is 33.5 Å². The number of benzene rings is 1. The Morgan fingerprint density at radius 3 is 2.31 bits per heavy atom. The summed E-state index contributed by atoms with van der Waals surface area (Å²) < 4.78 is 23.5. The van der Waals surface area contributed by atoms with E-state index in [-0.39, 0.29) is 45.8 Å². The zero-order valence-electron chi connectivity index (χ0n) is 23.0. The zero-order valence-corrected chi connectivity index (χ0v) is 23.8. The van der Waals surface area contributed by atoms with Crippen molar-refractivity contribution in [1.29, 1.82) is 0 Å². The number of carbonyl (C=O) groups excluding carboxylic acids is 2. The number of carboxylic acids is 1. The van der Waals surface area contributed by atoms with Gasteiger partial charge in [-0.05, 0) is 92.4 Å². The molecule has 1 heterocycles. The molecular weight excluding hydrogens is 516 g/mol. The molecule has 6 aliphatic rings. The quantitative estimate of drug-likeness (QED) is 0.420. The Hall–Kier alpha value is -2.52. The van der Waals surface area contributed by atoms with Crippen molar-refractivity contribution < 1.29 is 27.9 Å². The minimum Gasteiger partial charge on any atom is -0.481 e. The number of carboxylic acid groups (broad SMARTS) is 1. The fraction of sp³-hybridized carbons (Fsp3) is 0.633. The lowest BCUT2D eigenvalue weighted by Crippen LogP contribution is -2.65. The summed E-state index contributed by atoms with van der Waals surface area (Å²) in [5.74, 6) is -1.80. The van der Waals surface area contributed by atoms with E-state index in [1.807, 2.05) is 6.92 Å². The lowest BCUT2D eigenvalue weighted by molar-refractivity contribution is -0.194. The average molecular weight is 555 g/mol. The van der Waals surface area contributed by atoms with Crippen molar-refractivity contribution in [3.05, 3.63) is 35.9 Å². The van der Waals surface area contributed by atoms with Gasteiger partial charge in [0.25, 0.3) is 0 Å². The van der Waals surface area contributed by atoms with Crippen LogP contribution in [0.1, 0.15) is 66.2 Å². The number of hydrogen-bond acceptors (Lipinski definition) is 5. The number of imide groups is 1. The number of allylic oxidation sites excluding steroid dienone is 2. The highest BCUT2D eigenvalue weighted by Crippen LogP contribution is 2.74. The van der Waals surface area contributed by atoms with E-state index in [2.05, 4.69) is 26.8 Å². The molecule has 0 unspecified atom stereocenters. The molecule has 3 N–H and O–H groups in total. The van der Waals surface area contributed by atoms with Crippen molar-refractivity contribution in [2.45, 2.75) is 71.1 Å². The number of sulfonamides is 1. The third kappa shape index (κ3) is 3.38. The molecule has 1 saturated heterocycles. The summed E-state index contributed by atoms with van der Waals surface area (Å²) in [5.41, 5.74) is 0.0882. The first-order valence-corrected chi connectivity index (χ1v) is 15.7. The van der Waals surface area contributed by atoms with Crippen LogP contribution in [0.25, 0.3) is 0 Å². The van der Waals surface area contributed by atoms with Gasteiger partial charge in [0.05, 0.1) is 27.8 Å². The molecule has 210 valence electrons. The Labute approximate surface area is 230 Å². The number of nitrogens with two attached hydrogens (primary N) is 1. The normalized spacial score (nSPS) is 41.2. The van der Waals surface area contributed by atoms with Crippen LogP contribution >= 0.6 is 0 Å². The summed E-state index contributed by atoms with van der Waals surface area (Å²) in [5, 5.41) is 15.5. The Morgan fingerprint density at radius 2 is 1.72 bits per heavy atom. The maximum absolute atomic E-state index is 14.3. The summed E-state index contributed by atoms with van der Waals surface area (Å²) >= 11 is 0. The zero-order chi connectivity index (χ0) is 28.3. The number of fused-ring (bicyclic) bond motifs is 1. The van der Waals surface area contributed by atoms with E-state index < -0.39 is 38.7 Å². The van der Waals surface area contributed by atoms with Gasteiger partial charge < -0.3 is 5.11 Å². The topological polar surface area (TPSA) is 135 Å².